The molecule has 7 nitrogen and oxygen atoms in total. The minimum absolute atomic E-state index is 0.608. The van der Waals surface area contributed by atoms with Crippen LogP contribution in [0, 0.1) is 0 Å². The average Bonchev–Trinajstić information content (AvgIpc) is 3.27. The number of anilines is 1. The Labute approximate surface area is 172 Å². The quantitative estimate of drug-likeness (QED) is 0.456. The average molecular weight is 392 g/mol. The zero-order valence-corrected chi connectivity index (χ0v) is 17.3. The smallest absolute Gasteiger partial charge is 0.191 e. The molecule has 2 aromatic heterocycles. The molecule has 0 bridgehead atoms. The maximum atomic E-state index is 4.70. The fraction of sp³-hybridized carbons (Fsp3) is 0.318. The van der Waals surface area contributed by atoms with E-state index in [9.17, 15) is 0 Å². The number of guanidine groups is 1. The third-order valence-corrected chi connectivity index (χ3v) is 4.44. The van der Waals surface area contributed by atoms with Crippen LogP contribution in [0.15, 0.2) is 66.0 Å². The van der Waals surface area contributed by atoms with Crippen LogP contribution < -0.4 is 15.5 Å². The van der Waals surface area contributed by atoms with E-state index in [1.807, 2.05) is 48.2 Å². The standard InChI is InChI=1S/C22H29N7/c1-4-23-22(26-17-19-11-13-24-21(16-19)28(2)3)25-14-10-18-6-8-20(9-7-18)29-15-5-12-27-29/h5-9,11-13,15-16H,4,10,14,17H2,1-3H3,(H2,23,25,26). The van der Waals surface area contributed by atoms with Gasteiger partial charge in [-0.1, -0.05) is 12.1 Å². The van der Waals surface area contributed by atoms with Crippen LogP contribution in [0.4, 0.5) is 5.82 Å². The van der Waals surface area contributed by atoms with E-state index in [1.54, 1.807) is 6.20 Å². The first kappa shape index (κ1) is 20.4. The minimum atomic E-state index is 0.608. The number of pyridine rings is 1. The second-order valence-corrected chi connectivity index (χ2v) is 6.91. The second-order valence-electron chi connectivity index (χ2n) is 6.91. The molecule has 0 radical (unpaired) electrons. The highest BCUT2D eigenvalue weighted by atomic mass is 15.3. The summed E-state index contributed by atoms with van der Waals surface area (Å²) >= 11 is 0. The maximum absolute atomic E-state index is 4.70. The lowest BCUT2D eigenvalue weighted by atomic mass is 10.1. The Bertz CT molecular complexity index is 899. The molecule has 3 aromatic rings. The van der Waals surface area contributed by atoms with Gasteiger partial charge in [0, 0.05) is 45.8 Å². The van der Waals surface area contributed by atoms with Crippen LogP contribution in [0.3, 0.4) is 0 Å². The van der Waals surface area contributed by atoms with Crippen LogP contribution in [0.25, 0.3) is 5.69 Å². The second kappa shape index (κ2) is 10.3. The van der Waals surface area contributed by atoms with Gasteiger partial charge < -0.3 is 15.5 Å². The van der Waals surface area contributed by atoms with Crippen LogP contribution in [0.1, 0.15) is 18.1 Å². The van der Waals surface area contributed by atoms with Crippen LogP contribution in [0.2, 0.25) is 0 Å². The van der Waals surface area contributed by atoms with E-state index in [-0.39, 0.29) is 0 Å². The molecule has 2 N–H and O–H groups in total. The molecule has 2 heterocycles. The minimum Gasteiger partial charge on any atom is -0.363 e. The summed E-state index contributed by atoms with van der Waals surface area (Å²) in [6.45, 7) is 4.31. The number of hydrogen-bond donors (Lipinski definition) is 2. The van der Waals surface area contributed by atoms with Crippen molar-refractivity contribution >= 4 is 11.8 Å². The number of aliphatic imine (C=N–C) groups is 1. The summed E-state index contributed by atoms with van der Waals surface area (Å²) < 4.78 is 1.86. The third kappa shape index (κ3) is 6.07. The summed E-state index contributed by atoms with van der Waals surface area (Å²) in [5.74, 6) is 1.76. The summed E-state index contributed by atoms with van der Waals surface area (Å²) in [6, 6.07) is 14.5. The van der Waals surface area contributed by atoms with E-state index < -0.39 is 0 Å². The predicted molar refractivity (Wildman–Crippen MR) is 119 cm³/mol. The van der Waals surface area contributed by atoms with Gasteiger partial charge in [0.15, 0.2) is 5.96 Å². The Morgan fingerprint density at radius 1 is 1.07 bits per heavy atom. The summed E-state index contributed by atoms with van der Waals surface area (Å²) in [6.07, 6.45) is 6.48. The van der Waals surface area contributed by atoms with E-state index in [0.717, 1.165) is 42.5 Å². The molecule has 0 atom stereocenters. The summed E-state index contributed by atoms with van der Waals surface area (Å²) in [5, 5.41) is 11.0. The van der Waals surface area contributed by atoms with Crippen molar-refractivity contribution < 1.29 is 0 Å². The SMILES string of the molecule is CCNC(=NCc1ccnc(N(C)C)c1)NCCc1ccc(-n2cccn2)cc1. The van der Waals surface area contributed by atoms with Gasteiger partial charge in [0.25, 0.3) is 0 Å². The Balaban J connectivity index is 1.53. The largest absolute Gasteiger partial charge is 0.363 e. The first-order valence-electron chi connectivity index (χ1n) is 9.89. The van der Waals surface area contributed by atoms with Gasteiger partial charge >= 0.3 is 0 Å². The molecule has 0 amide bonds. The van der Waals surface area contributed by atoms with Gasteiger partial charge in [-0.2, -0.15) is 5.10 Å². The van der Waals surface area contributed by atoms with Crippen LogP contribution in [-0.2, 0) is 13.0 Å². The molecule has 3 rings (SSSR count). The van der Waals surface area contributed by atoms with Gasteiger partial charge in [-0.15, -0.1) is 0 Å². The lowest BCUT2D eigenvalue weighted by Crippen LogP contribution is -2.38. The topological polar surface area (TPSA) is 70.4 Å². The van der Waals surface area contributed by atoms with E-state index in [0.29, 0.717) is 6.54 Å². The van der Waals surface area contributed by atoms with Gasteiger partial charge in [0.1, 0.15) is 5.82 Å². The van der Waals surface area contributed by atoms with E-state index in [4.69, 9.17) is 4.99 Å². The van der Waals surface area contributed by atoms with Crippen molar-refractivity contribution in [2.75, 3.05) is 32.1 Å². The zero-order valence-electron chi connectivity index (χ0n) is 17.3. The molecule has 1 aromatic carbocycles. The van der Waals surface area contributed by atoms with Crippen LogP contribution in [-0.4, -0.2) is 47.9 Å². The summed E-state index contributed by atoms with van der Waals surface area (Å²) in [7, 11) is 3.98. The molecule has 29 heavy (non-hydrogen) atoms. The highest BCUT2D eigenvalue weighted by Crippen LogP contribution is 2.11. The normalized spacial score (nSPS) is 11.3. The molecule has 0 aliphatic heterocycles. The molecular weight excluding hydrogens is 362 g/mol. The lowest BCUT2D eigenvalue weighted by molar-refractivity contribution is 0.798. The van der Waals surface area contributed by atoms with Gasteiger partial charge in [0.2, 0.25) is 0 Å². The fourth-order valence-electron chi connectivity index (χ4n) is 2.88. The Morgan fingerprint density at radius 2 is 1.90 bits per heavy atom. The number of rotatable bonds is 8. The third-order valence-electron chi connectivity index (χ3n) is 4.44. The number of nitrogens with one attached hydrogen (secondary N) is 2. The van der Waals surface area contributed by atoms with E-state index in [2.05, 4.69) is 58.0 Å². The summed E-state index contributed by atoms with van der Waals surface area (Å²) in [5.41, 5.74) is 3.47. The monoisotopic (exact) mass is 391 g/mol. The first-order valence-corrected chi connectivity index (χ1v) is 9.89. The Hall–Kier alpha value is -3.35. The highest BCUT2D eigenvalue weighted by Gasteiger charge is 2.02. The van der Waals surface area contributed by atoms with Crippen molar-refractivity contribution in [2.45, 2.75) is 19.9 Å². The van der Waals surface area contributed by atoms with Crippen molar-refractivity contribution in [1.82, 2.24) is 25.4 Å². The lowest BCUT2D eigenvalue weighted by Gasteiger charge is -2.13. The van der Waals surface area contributed by atoms with Crippen molar-refractivity contribution in [2.24, 2.45) is 4.99 Å². The molecule has 0 spiro atoms. The summed E-state index contributed by atoms with van der Waals surface area (Å²) in [4.78, 5) is 11.0. The number of benzene rings is 1. The zero-order chi connectivity index (χ0) is 20.5. The van der Waals surface area contributed by atoms with E-state index in [1.165, 1.54) is 5.56 Å². The molecule has 0 aliphatic rings. The Morgan fingerprint density at radius 3 is 2.59 bits per heavy atom. The number of hydrogen-bond acceptors (Lipinski definition) is 4. The molecule has 0 saturated carbocycles. The first-order chi connectivity index (χ1) is 14.2. The van der Waals surface area contributed by atoms with Crippen molar-refractivity contribution in [3.63, 3.8) is 0 Å². The number of nitrogens with zero attached hydrogens (tertiary/aromatic N) is 5. The molecule has 0 fully saturated rings. The van der Waals surface area contributed by atoms with Crippen molar-refractivity contribution in [3.8, 4) is 5.69 Å². The highest BCUT2D eigenvalue weighted by molar-refractivity contribution is 5.79. The van der Waals surface area contributed by atoms with Gasteiger partial charge in [-0.3, -0.25) is 0 Å². The molecule has 0 unspecified atom stereocenters. The van der Waals surface area contributed by atoms with Gasteiger partial charge in [0.05, 0.1) is 12.2 Å². The van der Waals surface area contributed by atoms with Crippen LogP contribution in [0.5, 0.6) is 0 Å². The molecular formula is C22H29N7. The molecule has 7 heteroatoms. The maximum Gasteiger partial charge on any atom is 0.191 e. The Kier molecular flexibility index (Phi) is 7.22. The predicted octanol–water partition coefficient (Wildman–Crippen LogP) is 2.63. The van der Waals surface area contributed by atoms with Crippen LogP contribution >= 0.6 is 0 Å². The van der Waals surface area contributed by atoms with E-state index >= 15 is 0 Å². The molecule has 152 valence electrons. The molecule has 0 saturated heterocycles. The van der Waals surface area contributed by atoms with Crippen molar-refractivity contribution in [1.29, 1.82) is 0 Å². The van der Waals surface area contributed by atoms with Crippen molar-refractivity contribution in [3.05, 3.63) is 72.2 Å². The van der Waals surface area contributed by atoms with Gasteiger partial charge in [-0.05, 0) is 54.8 Å². The number of aromatic nitrogens is 3. The van der Waals surface area contributed by atoms with Gasteiger partial charge in [-0.25, -0.2) is 14.7 Å². The fourth-order valence-corrected chi connectivity index (χ4v) is 2.88. The molecule has 0 aliphatic carbocycles.